The molecule has 8 heteroatoms. The van der Waals surface area contributed by atoms with Gasteiger partial charge < -0.3 is 9.80 Å². The summed E-state index contributed by atoms with van der Waals surface area (Å²) in [5.41, 5.74) is 1.80. The Balaban J connectivity index is 1.94. The molecule has 6 nitrogen and oxygen atoms in total. The van der Waals surface area contributed by atoms with Crippen LogP contribution in [0.25, 0.3) is 0 Å². The number of sulfone groups is 1. The third kappa shape index (κ3) is 4.66. The lowest BCUT2D eigenvalue weighted by Gasteiger charge is -2.25. The molecule has 1 amide bonds. The van der Waals surface area contributed by atoms with Crippen LogP contribution >= 0.6 is 11.8 Å². The molecule has 2 aliphatic heterocycles. The Morgan fingerprint density at radius 1 is 1.22 bits per heavy atom. The normalized spacial score (nSPS) is 25.7. The second-order valence-corrected chi connectivity index (χ2v) is 12.0. The Hall–Kier alpha value is -1.54. The summed E-state index contributed by atoms with van der Waals surface area (Å²) in [6, 6.07) is 7.74. The van der Waals surface area contributed by atoms with E-state index in [0.717, 1.165) is 11.4 Å². The number of amidine groups is 1. The van der Waals surface area contributed by atoms with E-state index >= 15 is 0 Å². The van der Waals surface area contributed by atoms with Crippen molar-refractivity contribution in [3.8, 4) is 0 Å². The van der Waals surface area contributed by atoms with Crippen LogP contribution in [0.1, 0.15) is 27.2 Å². The van der Waals surface area contributed by atoms with Crippen molar-refractivity contribution in [1.29, 1.82) is 0 Å². The van der Waals surface area contributed by atoms with Crippen LogP contribution in [-0.4, -0.2) is 56.4 Å². The molecule has 0 bridgehead atoms. The molecule has 0 spiro atoms. The first-order chi connectivity index (χ1) is 12.5. The van der Waals surface area contributed by atoms with Gasteiger partial charge in [-0.15, -0.1) is 0 Å². The predicted octanol–water partition coefficient (Wildman–Crippen LogP) is 2.79. The van der Waals surface area contributed by atoms with Crippen molar-refractivity contribution in [3.05, 3.63) is 24.3 Å². The van der Waals surface area contributed by atoms with E-state index in [9.17, 15) is 13.2 Å². The Labute approximate surface area is 165 Å². The van der Waals surface area contributed by atoms with Gasteiger partial charge in [-0.2, -0.15) is 4.99 Å². The average molecular weight is 410 g/mol. The van der Waals surface area contributed by atoms with Crippen LogP contribution in [0.15, 0.2) is 29.3 Å². The highest BCUT2D eigenvalue weighted by Gasteiger charge is 2.49. The maximum atomic E-state index is 12.4. The fraction of sp³-hybridized carbons (Fsp3) is 0.579. The van der Waals surface area contributed by atoms with Crippen molar-refractivity contribution in [3.63, 3.8) is 0 Å². The van der Waals surface area contributed by atoms with E-state index in [1.807, 2.05) is 68.9 Å². The zero-order chi connectivity index (χ0) is 20.0. The number of anilines is 2. The van der Waals surface area contributed by atoms with Crippen LogP contribution in [0.3, 0.4) is 0 Å². The van der Waals surface area contributed by atoms with Crippen molar-refractivity contribution in [2.24, 2.45) is 10.4 Å². The number of aliphatic imine (C=N–C) groups is 1. The summed E-state index contributed by atoms with van der Waals surface area (Å²) >= 11 is 1.42. The lowest BCUT2D eigenvalue weighted by atomic mass is 9.92. The van der Waals surface area contributed by atoms with Crippen molar-refractivity contribution in [1.82, 2.24) is 0 Å². The summed E-state index contributed by atoms with van der Waals surface area (Å²) in [5, 5.41) is 0.538. The molecule has 2 fully saturated rings. The van der Waals surface area contributed by atoms with E-state index in [0.29, 0.717) is 11.6 Å². The molecule has 2 unspecified atom stereocenters. The van der Waals surface area contributed by atoms with Gasteiger partial charge in [-0.05, 0) is 29.7 Å². The highest BCUT2D eigenvalue weighted by Crippen LogP contribution is 2.41. The summed E-state index contributed by atoms with van der Waals surface area (Å²) < 4.78 is 24.3. The van der Waals surface area contributed by atoms with Gasteiger partial charge in [0.25, 0.3) is 0 Å². The molecular formula is C19H27N3O3S2. The Morgan fingerprint density at radius 3 is 2.41 bits per heavy atom. The molecule has 148 valence electrons. The summed E-state index contributed by atoms with van der Waals surface area (Å²) in [6.07, 6.45) is 0.359. The van der Waals surface area contributed by atoms with E-state index in [1.165, 1.54) is 11.8 Å². The zero-order valence-corrected chi connectivity index (χ0v) is 18.1. The van der Waals surface area contributed by atoms with Gasteiger partial charge in [-0.3, -0.25) is 4.79 Å². The van der Waals surface area contributed by atoms with Crippen LogP contribution in [0.5, 0.6) is 0 Å². The first kappa shape index (κ1) is 20.2. The third-order valence-corrected chi connectivity index (χ3v) is 7.82. The SMILES string of the molecule is CN(C)c1ccc(N2C(=NC(=O)CC(C)(C)C)SC3CS(=O)(=O)CC32)cc1. The summed E-state index contributed by atoms with van der Waals surface area (Å²) in [5.74, 6) is 0.0796. The quantitative estimate of drug-likeness (QED) is 0.765. The van der Waals surface area contributed by atoms with E-state index in [4.69, 9.17) is 0 Å². The van der Waals surface area contributed by atoms with Gasteiger partial charge in [-0.25, -0.2) is 8.42 Å². The minimum atomic E-state index is -3.06. The molecule has 1 aromatic rings. The van der Waals surface area contributed by atoms with Gasteiger partial charge in [0.05, 0.1) is 17.5 Å². The first-order valence-corrected chi connectivity index (χ1v) is 11.7. The van der Waals surface area contributed by atoms with Crippen molar-refractivity contribution in [2.75, 3.05) is 35.4 Å². The molecule has 3 rings (SSSR count). The van der Waals surface area contributed by atoms with Crippen LogP contribution in [0.4, 0.5) is 11.4 Å². The zero-order valence-electron chi connectivity index (χ0n) is 16.5. The molecule has 0 aromatic heterocycles. The average Bonchev–Trinajstić information content (AvgIpc) is 2.96. The minimum absolute atomic E-state index is 0.0790. The maximum Gasteiger partial charge on any atom is 0.248 e. The summed E-state index contributed by atoms with van der Waals surface area (Å²) in [6.45, 7) is 6.02. The minimum Gasteiger partial charge on any atom is -0.378 e. The van der Waals surface area contributed by atoms with E-state index in [-0.39, 0.29) is 34.1 Å². The lowest BCUT2D eigenvalue weighted by molar-refractivity contribution is -0.119. The largest absolute Gasteiger partial charge is 0.378 e. The second-order valence-electron chi connectivity index (χ2n) is 8.61. The molecular weight excluding hydrogens is 382 g/mol. The highest BCUT2D eigenvalue weighted by molar-refractivity contribution is 8.16. The van der Waals surface area contributed by atoms with Crippen LogP contribution < -0.4 is 9.80 Å². The van der Waals surface area contributed by atoms with Crippen molar-refractivity contribution in [2.45, 2.75) is 38.5 Å². The van der Waals surface area contributed by atoms with Gasteiger partial charge >= 0.3 is 0 Å². The molecule has 27 heavy (non-hydrogen) atoms. The number of rotatable bonds is 3. The molecule has 2 saturated heterocycles. The van der Waals surface area contributed by atoms with Gasteiger partial charge in [-0.1, -0.05) is 32.5 Å². The highest BCUT2D eigenvalue weighted by atomic mass is 32.2. The van der Waals surface area contributed by atoms with Gasteiger partial charge in [0.15, 0.2) is 15.0 Å². The van der Waals surface area contributed by atoms with Gasteiger partial charge in [0, 0.05) is 37.1 Å². The predicted molar refractivity (Wildman–Crippen MR) is 114 cm³/mol. The lowest BCUT2D eigenvalue weighted by Crippen LogP contribution is -2.37. The first-order valence-electron chi connectivity index (χ1n) is 9.00. The molecule has 1 aromatic carbocycles. The number of amides is 1. The number of thioether (sulfide) groups is 1. The third-order valence-electron chi connectivity index (χ3n) is 4.61. The fourth-order valence-corrected chi connectivity index (χ4v) is 7.31. The molecule has 2 heterocycles. The van der Waals surface area contributed by atoms with Crippen LogP contribution in [0.2, 0.25) is 0 Å². The maximum absolute atomic E-state index is 12.4. The monoisotopic (exact) mass is 409 g/mol. The summed E-state index contributed by atoms with van der Waals surface area (Å²) in [7, 11) is 0.882. The number of benzene rings is 1. The van der Waals surface area contributed by atoms with E-state index in [1.54, 1.807) is 0 Å². The molecule has 0 radical (unpaired) electrons. The Kier molecular flexibility index (Phi) is 5.33. The number of fused-ring (bicyclic) bond motifs is 1. The smallest absolute Gasteiger partial charge is 0.248 e. The molecule has 0 N–H and O–H groups in total. The van der Waals surface area contributed by atoms with Crippen molar-refractivity contribution < 1.29 is 13.2 Å². The van der Waals surface area contributed by atoms with Crippen LogP contribution in [-0.2, 0) is 14.6 Å². The van der Waals surface area contributed by atoms with E-state index < -0.39 is 9.84 Å². The Bertz CT molecular complexity index is 855. The standard InChI is InChI=1S/C19H27N3O3S2/c1-19(2,3)10-17(23)20-18-22(14-8-6-13(7-9-14)21(4)5)15-11-27(24,25)12-16(15)26-18/h6-9,15-16H,10-12H2,1-5H3. The number of nitrogens with zero attached hydrogens (tertiary/aromatic N) is 3. The van der Waals surface area contributed by atoms with Gasteiger partial charge in [0.2, 0.25) is 5.91 Å². The number of carbonyl (C=O) groups excluding carboxylic acids is 1. The van der Waals surface area contributed by atoms with Crippen molar-refractivity contribution >= 4 is 44.0 Å². The number of hydrogen-bond acceptors (Lipinski definition) is 5. The molecule has 2 atom stereocenters. The summed E-state index contributed by atoms with van der Waals surface area (Å²) in [4.78, 5) is 20.7. The van der Waals surface area contributed by atoms with E-state index in [2.05, 4.69) is 4.99 Å². The Morgan fingerprint density at radius 2 is 1.85 bits per heavy atom. The van der Waals surface area contributed by atoms with Gasteiger partial charge in [0.1, 0.15) is 0 Å². The fourth-order valence-electron chi connectivity index (χ4n) is 3.38. The topological polar surface area (TPSA) is 70.0 Å². The molecule has 2 aliphatic rings. The number of hydrogen-bond donors (Lipinski definition) is 0. The molecule has 0 saturated carbocycles. The molecule has 0 aliphatic carbocycles. The van der Waals surface area contributed by atoms with Crippen LogP contribution in [0, 0.1) is 5.41 Å². The number of carbonyl (C=O) groups is 1. The second kappa shape index (κ2) is 7.13.